The van der Waals surface area contributed by atoms with Crippen LogP contribution in [0.25, 0.3) is 10.8 Å². The predicted octanol–water partition coefficient (Wildman–Crippen LogP) is 3.89. The molecule has 0 aromatic heterocycles. The normalized spacial score (nSPS) is 13.7. The Morgan fingerprint density at radius 2 is 1.79 bits per heavy atom. The molecule has 3 N–H and O–H groups in total. The van der Waals surface area contributed by atoms with Gasteiger partial charge in [-0.2, -0.15) is 13.2 Å². The van der Waals surface area contributed by atoms with Gasteiger partial charge in [-0.05, 0) is 23.3 Å². The van der Waals surface area contributed by atoms with Gasteiger partial charge in [-0.3, -0.25) is 0 Å². The quantitative estimate of drug-likeness (QED) is 0.888. The predicted molar refractivity (Wildman–Crippen MR) is 67.8 cm³/mol. The third-order valence-electron chi connectivity index (χ3n) is 3.06. The Kier molecular flexibility index (Phi) is 3.66. The number of nitrogens with two attached hydrogens (primary N) is 1. The van der Waals surface area contributed by atoms with Crippen molar-refractivity contribution < 1.29 is 18.3 Å². The van der Waals surface area contributed by atoms with Crippen LogP contribution in [0.15, 0.2) is 36.4 Å². The lowest BCUT2D eigenvalue weighted by Gasteiger charge is -2.17. The molecule has 0 saturated heterocycles. The summed E-state index contributed by atoms with van der Waals surface area (Å²) in [6.45, 7) is 0. The van der Waals surface area contributed by atoms with Crippen molar-refractivity contribution in [1.82, 2.24) is 0 Å². The summed E-state index contributed by atoms with van der Waals surface area (Å²) in [4.78, 5) is 0. The average molecular weight is 269 g/mol. The number of halogens is 3. The minimum absolute atomic E-state index is 0.0617. The molecule has 19 heavy (non-hydrogen) atoms. The van der Waals surface area contributed by atoms with Crippen molar-refractivity contribution in [2.24, 2.45) is 5.73 Å². The first kappa shape index (κ1) is 13.7. The van der Waals surface area contributed by atoms with Crippen molar-refractivity contribution in [3.05, 3.63) is 42.0 Å². The van der Waals surface area contributed by atoms with Gasteiger partial charge in [0.05, 0.1) is 0 Å². The highest BCUT2D eigenvalue weighted by atomic mass is 19.4. The molecule has 2 aromatic carbocycles. The molecule has 0 aliphatic carbocycles. The molecular formula is C14H14F3NO. The van der Waals surface area contributed by atoms with Gasteiger partial charge in [-0.1, -0.05) is 30.3 Å². The lowest BCUT2D eigenvalue weighted by molar-refractivity contribution is -0.136. The Labute approximate surface area is 108 Å². The van der Waals surface area contributed by atoms with Crippen molar-refractivity contribution in [3.8, 4) is 5.75 Å². The molecule has 0 saturated carbocycles. The van der Waals surface area contributed by atoms with Crippen LogP contribution in [0.3, 0.4) is 0 Å². The van der Waals surface area contributed by atoms with Crippen LogP contribution in [-0.2, 0) is 0 Å². The summed E-state index contributed by atoms with van der Waals surface area (Å²) in [6, 6.07) is 9.50. The van der Waals surface area contributed by atoms with E-state index in [1.54, 1.807) is 18.2 Å². The van der Waals surface area contributed by atoms with E-state index in [1.807, 2.05) is 12.1 Å². The number of rotatable bonds is 3. The third kappa shape index (κ3) is 3.17. The summed E-state index contributed by atoms with van der Waals surface area (Å²) in [5.41, 5.74) is 6.19. The van der Waals surface area contributed by atoms with E-state index in [9.17, 15) is 18.3 Å². The molecule has 0 bridgehead atoms. The first-order chi connectivity index (χ1) is 8.88. The zero-order chi connectivity index (χ0) is 14.0. The van der Waals surface area contributed by atoms with Crippen molar-refractivity contribution in [3.63, 3.8) is 0 Å². The largest absolute Gasteiger partial charge is 0.508 e. The van der Waals surface area contributed by atoms with E-state index < -0.39 is 18.6 Å². The van der Waals surface area contributed by atoms with E-state index in [4.69, 9.17) is 5.73 Å². The van der Waals surface area contributed by atoms with Gasteiger partial charge in [0.25, 0.3) is 0 Å². The van der Waals surface area contributed by atoms with Gasteiger partial charge in [-0.25, -0.2) is 0 Å². The molecule has 102 valence electrons. The van der Waals surface area contributed by atoms with Crippen LogP contribution in [0.1, 0.15) is 24.4 Å². The molecule has 0 spiro atoms. The summed E-state index contributed by atoms with van der Waals surface area (Å²) in [5, 5.41) is 11.4. The van der Waals surface area contributed by atoms with Crippen molar-refractivity contribution >= 4 is 10.8 Å². The summed E-state index contributed by atoms with van der Waals surface area (Å²) in [7, 11) is 0. The highest BCUT2D eigenvalue weighted by molar-refractivity contribution is 5.88. The maximum atomic E-state index is 12.2. The molecule has 0 heterocycles. The number of benzene rings is 2. The summed E-state index contributed by atoms with van der Waals surface area (Å²) < 4.78 is 36.7. The van der Waals surface area contributed by atoms with Crippen LogP contribution in [-0.4, -0.2) is 11.3 Å². The van der Waals surface area contributed by atoms with E-state index in [-0.39, 0.29) is 12.2 Å². The van der Waals surface area contributed by atoms with Crippen LogP contribution in [0, 0.1) is 0 Å². The van der Waals surface area contributed by atoms with E-state index in [1.165, 1.54) is 6.07 Å². The monoisotopic (exact) mass is 269 g/mol. The van der Waals surface area contributed by atoms with Gasteiger partial charge < -0.3 is 10.8 Å². The minimum Gasteiger partial charge on any atom is -0.508 e. The van der Waals surface area contributed by atoms with Crippen molar-refractivity contribution in [2.75, 3.05) is 0 Å². The minimum atomic E-state index is -4.24. The molecule has 0 aliphatic heterocycles. The number of phenolic OH excluding ortho intramolecular Hbond substituents is 1. The molecule has 0 fully saturated rings. The van der Waals surface area contributed by atoms with Gasteiger partial charge in [0.15, 0.2) is 0 Å². The van der Waals surface area contributed by atoms with E-state index in [2.05, 4.69) is 0 Å². The Morgan fingerprint density at radius 1 is 1.11 bits per heavy atom. The molecule has 2 rings (SSSR count). The lowest BCUT2D eigenvalue weighted by Crippen LogP contribution is -2.16. The van der Waals surface area contributed by atoms with E-state index in [0.717, 1.165) is 5.39 Å². The Bertz CT molecular complexity index is 580. The summed E-state index contributed by atoms with van der Waals surface area (Å²) in [5.74, 6) is -0.0617. The Balaban J connectivity index is 2.35. The zero-order valence-electron chi connectivity index (χ0n) is 10.1. The zero-order valence-corrected chi connectivity index (χ0v) is 10.1. The molecule has 1 atom stereocenters. The number of alkyl halides is 3. The maximum absolute atomic E-state index is 12.2. The van der Waals surface area contributed by atoms with Crippen LogP contribution < -0.4 is 5.73 Å². The average Bonchev–Trinajstić information content (AvgIpc) is 2.35. The first-order valence-corrected chi connectivity index (χ1v) is 5.91. The number of aromatic hydroxyl groups is 1. The standard InChI is InChI=1S/C14H14F3NO/c15-14(16,17)8-7-11(18)13-10-4-2-1-3-9(10)5-6-12(13)19/h1-6,11,19H,7-8,18H2/t11-/m1/s1. The molecular weight excluding hydrogens is 255 g/mol. The van der Waals surface area contributed by atoms with Crippen LogP contribution >= 0.6 is 0 Å². The van der Waals surface area contributed by atoms with Crippen LogP contribution in [0.5, 0.6) is 5.75 Å². The van der Waals surface area contributed by atoms with Crippen molar-refractivity contribution in [1.29, 1.82) is 0 Å². The Morgan fingerprint density at radius 3 is 2.47 bits per heavy atom. The van der Waals surface area contributed by atoms with Gasteiger partial charge in [0, 0.05) is 18.0 Å². The SMILES string of the molecule is N[C@H](CCC(F)(F)F)c1c(O)ccc2ccccc12. The highest BCUT2D eigenvalue weighted by Crippen LogP contribution is 2.35. The van der Waals surface area contributed by atoms with Gasteiger partial charge in [0.1, 0.15) is 5.75 Å². The molecule has 0 aliphatic rings. The lowest BCUT2D eigenvalue weighted by atomic mass is 9.95. The topological polar surface area (TPSA) is 46.2 Å². The fourth-order valence-electron chi connectivity index (χ4n) is 2.14. The number of hydrogen-bond acceptors (Lipinski definition) is 2. The van der Waals surface area contributed by atoms with Crippen LogP contribution in [0.2, 0.25) is 0 Å². The summed E-state index contributed by atoms with van der Waals surface area (Å²) >= 11 is 0. The fraction of sp³-hybridized carbons (Fsp3) is 0.286. The third-order valence-corrected chi connectivity index (χ3v) is 3.06. The van der Waals surface area contributed by atoms with E-state index in [0.29, 0.717) is 10.9 Å². The summed E-state index contributed by atoms with van der Waals surface area (Å²) in [6.07, 6.45) is -5.44. The van der Waals surface area contributed by atoms with E-state index >= 15 is 0 Å². The fourth-order valence-corrected chi connectivity index (χ4v) is 2.14. The number of fused-ring (bicyclic) bond motifs is 1. The highest BCUT2D eigenvalue weighted by Gasteiger charge is 2.28. The second-order valence-corrected chi connectivity index (χ2v) is 4.48. The van der Waals surface area contributed by atoms with Gasteiger partial charge in [0.2, 0.25) is 0 Å². The Hall–Kier alpha value is -1.75. The number of hydrogen-bond donors (Lipinski definition) is 2. The van der Waals surface area contributed by atoms with Crippen molar-refractivity contribution in [2.45, 2.75) is 25.1 Å². The van der Waals surface area contributed by atoms with Gasteiger partial charge >= 0.3 is 6.18 Å². The second kappa shape index (κ2) is 5.09. The molecule has 5 heteroatoms. The van der Waals surface area contributed by atoms with Crippen LogP contribution in [0.4, 0.5) is 13.2 Å². The molecule has 0 amide bonds. The van der Waals surface area contributed by atoms with Gasteiger partial charge in [-0.15, -0.1) is 0 Å². The molecule has 2 aromatic rings. The second-order valence-electron chi connectivity index (χ2n) is 4.48. The first-order valence-electron chi connectivity index (χ1n) is 5.91. The molecule has 2 nitrogen and oxygen atoms in total. The molecule has 0 unspecified atom stereocenters. The number of phenols is 1. The molecule has 0 radical (unpaired) electrons. The maximum Gasteiger partial charge on any atom is 0.389 e. The smallest absolute Gasteiger partial charge is 0.389 e.